The van der Waals surface area contributed by atoms with Crippen LogP contribution in [-0.2, 0) is 11.8 Å². The number of anilines is 1. The van der Waals surface area contributed by atoms with E-state index in [9.17, 15) is 4.79 Å². The molecule has 6 heteroatoms. The fourth-order valence-electron chi connectivity index (χ4n) is 3.20. The Kier molecular flexibility index (Phi) is 8.91. The highest BCUT2D eigenvalue weighted by atomic mass is 16.1. The lowest BCUT2D eigenvalue weighted by molar-refractivity contribution is -0.115. The predicted molar refractivity (Wildman–Crippen MR) is 134 cm³/mol. The first-order valence-electron chi connectivity index (χ1n) is 11.0. The third-order valence-electron chi connectivity index (χ3n) is 5.12. The van der Waals surface area contributed by atoms with Crippen LogP contribution < -0.4 is 10.6 Å². The van der Waals surface area contributed by atoms with Crippen LogP contribution in [0.5, 0.6) is 0 Å². The van der Waals surface area contributed by atoms with Crippen LogP contribution in [0.4, 0.5) is 5.82 Å². The van der Waals surface area contributed by atoms with Gasteiger partial charge < -0.3 is 10.6 Å². The van der Waals surface area contributed by atoms with E-state index in [1.54, 1.807) is 23.1 Å². The summed E-state index contributed by atoms with van der Waals surface area (Å²) in [7, 11) is 1.87. The zero-order valence-corrected chi connectivity index (χ0v) is 19.4. The van der Waals surface area contributed by atoms with Gasteiger partial charge in [-0.05, 0) is 30.5 Å². The van der Waals surface area contributed by atoms with Crippen molar-refractivity contribution in [1.29, 1.82) is 0 Å². The number of hydrogen-bond donors (Lipinski definition) is 2. The molecule has 0 fully saturated rings. The molecule has 170 valence electrons. The molecule has 1 amide bonds. The average Bonchev–Trinajstić information content (AvgIpc) is 3.28. The number of nitrogens with zero attached hydrogens (tertiary/aromatic N) is 3. The Labute approximate surface area is 195 Å². The SMILES string of the molecule is Cc1ccc([C@H](C)CNCC(=O)Nc2ccc(-c3cnn(C)c3)cn2)cc1.c1ccccc1. The fourth-order valence-corrected chi connectivity index (χ4v) is 3.20. The lowest BCUT2D eigenvalue weighted by atomic mass is 10.0. The van der Waals surface area contributed by atoms with Gasteiger partial charge in [0.2, 0.25) is 5.91 Å². The number of pyridine rings is 1. The molecule has 2 aromatic heterocycles. The summed E-state index contributed by atoms with van der Waals surface area (Å²) in [6.07, 6.45) is 5.45. The third-order valence-corrected chi connectivity index (χ3v) is 5.12. The molecule has 4 aromatic rings. The molecule has 0 unspecified atom stereocenters. The molecule has 0 aliphatic carbocycles. The smallest absolute Gasteiger partial charge is 0.239 e. The summed E-state index contributed by atoms with van der Waals surface area (Å²) < 4.78 is 1.74. The number of aryl methyl sites for hydroxylation is 2. The van der Waals surface area contributed by atoms with Gasteiger partial charge in [0.25, 0.3) is 0 Å². The summed E-state index contributed by atoms with van der Waals surface area (Å²) in [5, 5.41) is 10.2. The highest BCUT2D eigenvalue weighted by Crippen LogP contribution is 2.18. The van der Waals surface area contributed by atoms with Gasteiger partial charge in [0, 0.05) is 37.1 Å². The Hall–Kier alpha value is -3.77. The first-order chi connectivity index (χ1) is 16.0. The summed E-state index contributed by atoms with van der Waals surface area (Å²) >= 11 is 0. The van der Waals surface area contributed by atoms with Crippen LogP contribution in [0, 0.1) is 6.92 Å². The molecule has 0 saturated heterocycles. The van der Waals surface area contributed by atoms with Gasteiger partial charge in [-0.2, -0.15) is 5.10 Å². The summed E-state index contributed by atoms with van der Waals surface area (Å²) in [4.78, 5) is 16.4. The zero-order chi connectivity index (χ0) is 23.5. The first kappa shape index (κ1) is 23.9. The predicted octanol–water partition coefficient (Wildman–Crippen LogP) is 4.81. The maximum atomic E-state index is 12.1. The quantitative estimate of drug-likeness (QED) is 0.432. The number of amides is 1. The fraction of sp³-hybridized carbons (Fsp3) is 0.222. The minimum absolute atomic E-state index is 0.104. The van der Waals surface area contributed by atoms with E-state index in [0.29, 0.717) is 11.7 Å². The van der Waals surface area contributed by atoms with Gasteiger partial charge in [-0.1, -0.05) is 73.2 Å². The van der Waals surface area contributed by atoms with Gasteiger partial charge in [0.05, 0.1) is 12.7 Å². The molecule has 6 nitrogen and oxygen atoms in total. The molecule has 33 heavy (non-hydrogen) atoms. The van der Waals surface area contributed by atoms with Crippen LogP contribution in [0.2, 0.25) is 0 Å². The van der Waals surface area contributed by atoms with E-state index in [1.165, 1.54) is 11.1 Å². The van der Waals surface area contributed by atoms with Crippen LogP contribution in [0.25, 0.3) is 11.1 Å². The van der Waals surface area contributed by atoms with E-state index in [-0.39, 0.29) is 12.5 Å². The van der Waals surface area contributed by atoms with Crippen molar-refractivity contribution in [2.45, 2.75) is 19.8 Å². The van der Waals surface area contributed by atoms with Gasteiger partial charge >= 0.3 is 0 Å². The molecule has 0 bridgehead atoms. The van der Waals surface area contributed by atoms with E-state index >= 15 is 0 Å². The summed E-state index contributed by atoms with van der Waals surface area (Å²) in [5.74, 6) is 0.782. The van der Waals surface area contributed by atoms with Crippen molar-refractivity contribution < 1.29 is 4.79 Å². The Morgan fingerprint density at radius 2 is 1.61 bits per heavy atom. The largest absolute Gasteiger partial charge is 0.310 e. The molecule has 0 saturated carbocycles. The minimum atomic E-state index is -0.104. The number of benzene rings is 2. The Morgan fingerprint density at radius 3 is 2.15 bits per heavy atom. The number of hydrogen-bond acceptors (Lipinski definition) is 4. The second-order valence-electron chi connectivity index (χ2n) is 7.98. The summed E-state index contributed by atoms with van der Waals surface area (Å²) in [6, 6.07) is 24.2. The normalized spacial score (nSPS) is 11.2. The van der Waals surface area contributed by atoms with Crippen molar-refractivity contribution in [3.8, 4) is 11.1 Å². The van der Waals surface area contributed by atoms with Gasteiger partial charge in [-0.3, -0.25) is 9.48 Å². The van der Waals surface area contributed by atoms with Gasteiger partial charge in [-0.25, -0.2) is 4.98 Å². The van der Waals surface area contributed by atoms with Crippen LogP contribution in [0.3, 0.4) is 0 Å². The lowest BCUT2D eigenvalue weighted by Gasteiger charge is -2.13. The van der Waals surface area contributed by atoms with Gasteiger partial charge in [0.1, 0.15) is 5.82 Å². The molecular weight excluding hydrogens is 410 g/mol. The summed E-state index contributed by atoms with van der Waals surface area (Å²) in [6.45, 7) is 5.22. The van der Waals surface area contributed by atoms with Crippen molar-refractivity contribution in [2.24, 2.45) is 7.05 Å². The summed E-state index contributed by atoms with van der Waals surface area (Å²) in [5.41, 5.74) is 4.47. The number of nitrogens with one attached hydrogen (secondary N) is 2. The number of rotatable bonds is 7. The van der Waals surface area contributed by atoms with Crippen LogP contribution in [0.15, 0.2) is 91.4 Å². The molecule has 1 atom stereocenters. The monoisotopic (exact) mass is 441 g/mol. The Bertz CT molecular complexity index is 1080. The first-order valence-corrected chi connectivity index (χ1v) is 11.0. The molecule has 2 heterocycles. The van der Waals surface area contributed by atoms with Gasteiger partial charge in [-0.15, -0.1) is 0 Å². The molecule has 2 N–H and O–H groups in total. The Morgan fingerprint density at radius 1 is 0.939 bits per heavy atom. The lowest BCUT2D eigenvalue weighted by Crippen LogP contribution is -2.30. The van der Waals surface area contributed by atoms with Crippen LogP contribution >= 0.6 is 0 Å². The third kappa shape index (κ3) is 8.01. The second kappa shape index (κ2) is 12.3. The zero-order valence-electron chi connectivity index (χ0n) is 19.4. The van der Waals surface area contributed by atoms with E-state index in [4.69, 9.17) is 0 Å². The van der Waals surface area contributed by atoms with Crippen LogP contribution in [0.1, 0.15) is 24.0 Å². The highest BCUT2D eigenvalue weighted by Gasteiger charge is 2.08. The van der Waals surface area contributed by atoms with Gasteiger partial charge in [0.15, 0.2) is 0 Å². The maximum absolute atomic E-state index is 12.1. The molecule has 0 aliphatic heterocycles. The second-order valence-corrected chi connectivity index (χ2v) is 7.98. The standard InChI is InChI=1S/C21H25N5O.C6H6/c1-15-4-6-17(7-5-15)16(2)10-22-13-21(27)25-20-9-8-18(11-23-20)19-12-24-26(3)14-19;1-2-4-6-5-3-1/h4-9,11-12,14,16,22H,10,13H2,1-3H3,(H,23,25,27);1-6H/t16-;/m1./s1. The van der Waals surface area contributed by atoms with Crippen molar-refractivity contribution in [2.75, 3.05) is 18.4 Å². The molecule has 0 spiro atoms. The number of aromatic nitrogens is 3. The molecule has 4 rings (SSSR count). The van der Waals surface area contributed by atoms with Crippen molar-refractivity contribution in [1.82, 2.24) is 20.1 Å². The number of carbonyl (C=O) groups is 1. The molecule has 0 radical (unpaired) electrons. The van der Waals surface area contributed by atoms with Crippen molar-refractivity contribution in [3.05, 3.63) is 103 Å². The minimum Gasteiger partial charge on any atom is -0.310 e. The average molecular weight is 442 g/mol. The maximum Gasteiger partial charge on any atom is 0.239 e. The van der Waals surface area contributed by atoms with Crippen LogP contribution in [-0.4, -0.2) is 33.8 Å². The van der Waals surface area contributed by atoms with E-state index in [1.807, 2.05) is 55.7 Å². The number of carbonyl (C=O) groups excluding carboxylic acids is 1. The molecular formula is C27H31N5O. The van der Waals surface area contributed by atoms with E-state index < -0.39 is 0 Å². The van der Waals surface area contributed by atoms with Crippen molar-refractivity contribution in [3.63, 3.8) is 0 Å². The van der Waals surface area contributed by atoms with E-state index in [0.717, 1.165) is 17.7 Å². The molecule has 2 aromatic carbocycles. The highest BCUT2D eigenvalue weighted by molar-refractivity contribution is 5.91. The van der Waals surface area contributed by atoms with E-state index in [2.05, 4.69) is 58.8 Å². The topological polar surface area (TPSA) is 71.8 Å². The molecule has 0 aliphatic rings. The Balaban J connectivity index is 0.000000442. The van der Waals surface area contributed by atoms with Crippen molar-refractivity contribution >= 4 is 11.7 Å².